The van der Waals surface area contributed by atoms with E-state index in [4.69, 9.17) is 4.74 Å². The Morgan fingerprint density at radius 1 is 1.29 bits per heavy atom. The zero-order chi connectivity index (χ0) is 8.93. The van der Waals surface area contributed by atoms with Crippen molar-refractivity contribution in [2.45, 2.75) is 12.5 Å². The van der Waals surface area contributed by atoms with Crippen LogP contribution in [0.15, 0.2) is 30.3 Å². The van der Waals surface area contributed by atoms with Crippen molar-refractivity contribution in [3.05, 3.63) is 35.9 Å². The van der Waals surface area contributed by atoms with Gasteiger partial charge in [-0.2, -0.15) is 0 Å². The van der Waals surface area contributed by atoms with Crippen LogP contribution in [0.1, 0.15) is 5.56 Å². The van der Waals surface area contributed by atoms with Crippen LogP contribution < -0.4 is 5.32 Å². The summed E-state index contributed by atoms with van der Waals surface area (Å²) in [5.41, 5.74) is 1.36. The highest BCUT2D eigenvalue weighted by Crippen LogP contribution is 2.06. The van der Waals surface area contributed by atoms with E-state index in [-0.39, 0.29) is 12.4 Å². The molecular weight excluding hydrogens is 198 g/mol. The highest BCUT2D eigenvalue weighted by Gasteiger charge is 2.12. The molecular formula is C11H16ClNO. The number of nitrogens with one attached hydrogen (secondary N) is 1. The van der Waals surface area contributed by atoms with Crippen molar-refractivity contribution in [3.8, 4) is 0 Å². The Hall–Kier alpha value is -0.570. The Labute approximate surface area is 91.1 Å². The third kappa shape index (κ3) is 3.29. The fraction of sp³-hybridized carbons (Fsp3) is 0.455. The van der Waals surface area contributed by atoms with Gasteiger partial charge < -0.3 is 10.1 Å². The van der Waals surface area contributed by atoms with Gasteiger partial charge in [-0.3, -0.25) is 0 Å². The fourth-order valence-corrected chi connectivity index (χ4v) is 1.63. The first-order valence-electron chi connectivity index (χ1n) is 4.81. The molecule has 0 unspecified atom stereocenters. The fourth-order valence-electron chi connectivity index (χ4n) is 1.63. The average Bonchev–Trinajstić information content (AvgIpc) is 2.21. The van der Waals surface area contributed by atoms with Crippen molar-refractivity contribution in [1.29, 1.82) is 0 Å². The molecule has 0 spiro atoms. The summed E-state index contributed by atoms with van der Waals surface area (Å²) in [5, 5.41) is 3.33. The van der Waals surface area contributed by atoms with E-state index in [1.54, 1.807) is 0 Å². The van der Waals surface area contributed by atoms with Crippen LogP contribution in [0.2, 0.25) is 0 Å². The van der Waals surface area contributed by atoms with Crippen LogP contribution in [0, 0.1) is 0 Å². The van der Waals surface area contributed by atoms with Gasteiger partial charge in [0.1, 0.15) is 0 Å². The van der Waals surface area contributed by atoms with E-state index in [1.807, 2.05) is 6.07 Å². The molecule has 1 fully saturated rings. The number of halogens is 1. The predicted molar refractivity (Wildman–Crippen MR) is 60.0 cm³/mol. The van der Waals surface area contributed by atoms with Gasteiger partial charge in [-0.1, -0.05) is 30.3 Å². The lowest BCUT2D eigenvalue weighted by Crippen LogP contribution is -2.39. The molecule has 1 aromatic carbocycles. The van der Waals surface area contributed by atoms with Gasteiger partial charge in [0.15, 0.2) is 0 Å². The highest BCUT2D eigenvalue weighted by molar-refractivity contribution is 5.85. The van der Waals surface area contributed by atoms with E-state index in [0.717, 1.165) is 26.1 Å². The van der Waals surface area contributed by atoms with Crippen LogP contribution in [-0.2, 0) is 11.2 Å². The minimum absolute atomic E-state index is 0. The summed E-state index contributed by atoms with van der Waals surface area (Å²) >= 11 is 0. The lowest BCUT2D eigenvalue weighted by Gasteiger charge is -2.23. The first kappa shape index (κ1) is 11.5. The number of hydrogen-bond donors (Lipinski definition) is 1. The second-order valence-electron chi connectivity index (χ2n) is 3.39. The molecule has 1 saturated heterocycles. The van der Waals surface area contributed by atoms with Gasteiger partial charge in [0.05, 0.1) is 12.7 Å². The first-order valence-corrected chi connectivity index (χ1v) is 4.81. The molecule has 1 N–H and O–H groups in total. The van der Waals surface area contributed by atoms with Crippen LogP contribution in [0.3, 0.4) is 0 Å². The maximum Gasteiger partial charge on any atom is 0.0740 e. The summed E-state index contributed by atoms with van der Waals surface area (Å²) in [6, 6.07) is 10.5. The monoisotopic (exact) mass is 213 g/mol. The van der Waals surface area contributed by atoms with E-state index in [9.17, 15) is 0 Å². The molecule has 1 aromatic rings. The Morgan fingerprint density at radius 2 is 2.07 bits per heavy atom. The second kappa shape index (κ2) is 6.02. The molecule has 1 atom stereocenters. The van der Waals surface area contributed by atoms with Crippen molar-refractivity contribution >= 4 is 12.4 Å². The molecule has 1 aliphatic rings. The lowest BCUT2D eigenvalue weighted by molar-refractivity contribution is 0.0292. The summed E-state index contributed by atoms with van der Waals surface area (Å²) in [6.45, 7) is 2.82. The summed E-state index contributed by atoms with van der Waals surface area (Å²) in [6.07, 6.45) is 1.38. The lowest BCUT2D eigenvalue weighted by atomic mass is 10.1. The Morgan fingerprint density at radius 3 is 2.71 bits per heavy atom. The van der Waals surface area contributed by atoms with Gasteiger partial charge >= 0.3 is 0 Å². The molecule has 0 bridgehead atoms. The molecule has 78 valence electrons. The molecule has 0 radical (unpaired) electrons. The van der Waals surface area contributed by atoms with Gasteiger partial charge in [-0.25, -0.2) is 0 Å². The van der Waals surface area contributed by atoms with Crippen LogP contribution in [0.5, 0.6) is 0 Å². The number of benzene rings is 1. The standard InChI is InChI=1S/C11H15NO.ClH/c1-2-4-10(5-3-1)8-11-9-12-6-7-13-11;/h1-5,11-12H,6-9H2;1H/t11-;/m1./s1. The minimum Gasteiger partial charge on any atom is -0.375 e. The maximum absolute atomic E-state index is 5.62. The van der Waals surface area contributed by atoms with Crippen molar-refractivity contribution < 1.29 is 4.74 Å². The number of hydrogen-bond acceptors (Lipinski definition) is 2. The van der Waals surface area contributed by atoms with Crippen LogP contribution in [0.4, 0.5) is 0 Å². The van der Waals surface area contributed by atoms with Crippen LogP contribution >= 0.6 is 12.4 Å². The molecule has 2 rings (SSSR count). The van der Waals surface area contributed by atoms with E-state index in [0.29, 0.717) is 6.10 Å². The zero-order valence-electron chi connectivity index (χ0n) is 8.11. The number of ether oxygens (including phenoxy) is 1. The molecule has 0 aliphatic carbocycles. The van der Waals surface area contributed by atoms with Gasteiger partial charge in [-0.15, -0.1) is 12.4 Å². The van der Waals surface area contributed by atoms with Crippen LogP contribution in [-0.4, -0.2) is 25.8 Å². The molecule has 3 heteroatoms. The largest absolute Gasteiger partial charge is 0.375 e. The third-order valence-corrected chi connectivity index (χ3v) is 2.31. The maximum atomic E-state index is 5.62. The predicted octanol–water partition coefficient (Wildman–Crippen LogP) is 1.64. The van der Waals surface area contributed by atoms with E-state index >= 15 is 0 Å². The van der Waals surface area contributed by atoms with Crippen molar-refractivity contribution in [1.82, 2.24) is 5.32 Å². The Kier molecular flexibility index (Phi) is 4.94. The minimum atomic E-state index is 0. The summed E-state index contributed by atoms with van der Waals surface area (Å²) < 4.78 is 5.62. The first-order chi connectivity index (χ1) is 6.45. The molecule has 1 heterocycles. The molecule has 0 amide bonds. The quantitative estimate of drug-likeness (QED) is 0.807. The van der Waals surface area contributed by atoms with Gasteiger partial charge in [0.25, 0.3) is 0 Å². The van der Waals surface area contributed by atoms with Crippen molar-refractivity contribution in [2.75, 3.05) is 19.7 Å². The summed E-state index contributed by atoms with van der Waals surface area (Å²) in [4.78, 5) is 0. The normalized spacial score (nSPS) is 21.3. The van der Waals surface area contributed by atoms with Crippen molar-refractivity contribution in [2.24, 2.45) is 0 Å². The third-order valence-electron chi connectivity index (χ3n) is 2.31. The number of morpholine rings is 1. The molecule has 1 aliphatic heterocycles. The Bertz CT molecular complexity index is 247. The smallest absolute Gasteiger partial charge is 0.0740 e. The van der Waals surface area contributed by atoms with E-state index < -0.39 is 0 Å². The van der Waals surface area contributed by atoms with Gasteiger partial charge in [0, 0.05) is 13.1 Å². The second-order valence-corrected chi connectivity index (χ2v) is 3.39. The number of rotatable bonds is 2. The summed E-state index contributed by atoms with van der Waals surface area (Å²) in [5.74, 6) is 0. The molecule has 0 saturated carbocycles. The van der Waals surface area contributed by atoms with Gasteiger partial charge in [-0.05, 0) is 12.0 Å². The molecule has 14 heavy (non-hydrogen) atoms. The van der Waals surface area contributed by atoms with Crippen LogP contribution in [0.25, 0.3) is 0 Å². The average molecular weight is 214 g/mol. The topological polar surface area (TPSA) is 21.3 Å². The van der Waals surface area contributed by atoms with E-state index in [2.05, 4.69) is 29.6 Å². The highest BCUT2D eigenvalue weighted by atomic mass is 35.5. The Balaban J connectivity index is 0.000000980. The van der Waals surface area contributed by atoms with Gasteiger partial charge in [0.2, 0.25) is 0 Å². The molecule has 2 nitrogen and oxygen atoms in total. The van der Waals surface area contributed by atoms with E-state index in [1.165, 1.54) is 5.56 Å². The van der Waals surface area contributed by atoms with Crippen molar-refractivity contribution in [3.63, 3.8) is 0 Å². The zero-order valence-corrected chi connectivity index (χ0v) is 8.93. The molecule has 0 aromatic heterocycles. The SMILES string of the molecule is Cl.c1ccc(C[C@@H]2CNCCO2)cc1. The summed E-state index contributed by atoms with van der Waals surface area (Å²) in [7, 11) is 0.